The highest BCUT2D eigenvalue weighted by Gasteiger charge is 2.19. The van der Waals surface area contributed by atoms with Crippen molar-refractivity contribution in [2.75, 3.05) is 0 Å². The molecule has 2 rings (SSSR count). The Labute approximate surface area is 78.8 Å². The Balaban J connectivity index is 1.76. The van der Waals surface area contributed by atoms with Crippen molar-refractivity contribution >= 4 is 0 Å². The fourth-order valence-corrected chi connectivity index (χ4v) is 1.65. The summed E-state index contributed by atoms with van der Waals surface area (Å²) >= 11 is 0. The molecule has 1 heteroatoms. The summed E-state index contributed by atoms with van der Waals surface area (Å²) in [6, 6.07) is 6.88. The summed E-state index contributed by atoms with van der Waals surface area (Å²) in [4.78, 5) is 0. The summed E-state index contributed by atoms with van der Waals surface area (Å²) in [6.07, 6.45) is 6.59. The third kappa shape index (κ3) is 2.83. The van der Waals surface area contributed by atoms with E-state index in [-0.39, 0.29) is 5.82 Å². The van der Waals surface area contributed by atoms with Gasteiger partial charge >= 0.3 is 0 Å². The van der Waals surface area contributed by atoms with Crippen LogP contribution in [0.2, 0.25) is 0 Å². The highest BCUT2D eigenvalue weighted by molar-refractivity contribution is 5.15. The number of halogens is 1. The van der Waals surface area contributed by atoms with Crippen molar-refractivity contribution in [1.82, 2.24) is 0 Å². The van der Waals surface area contributed by atoms with Crippen LogP contribution < -0.4 is 0 Å². The van der Waals surface area contributed by atoms with Crippen molar-refractivity contribution in [2.24, 2.45) is 5.92 Å². The van der Waals surface area contributed by atoms with Gasteiger partial charge in [-0.1, -0.05) is 31.4 Å². The van der Waals surface area contributed by atoms with Crippen LogP contribution in [0.1, 0.15) is 31.2 Å². The molecule has 0 saturated heterocycles. The largest absolute Gasteiger partial charge is 0.207 e. The van der Waals surface area contributed by atoms with Gasteiger partial charge in [0.15, 0.2) is 0 Å². The molecule has 0 nitrogen and oxygen atoms in total. The first-order valence-electron chi connectivity index (χ1n) is 5.09. The van der Waals surface area contributed by atoms with E-state index in [1.54, 1.807) is 12.1 Å². The molecule has 0 aliphatic heterocycles. The van der Waals surface area contributed by atoms with E-state index >= 15 is 0 Å². The van der Waals surface area contributed by atoms with Gasteiger partial charge in [-0.3, -0.25) is 0 Å². The number of hydrogen-bond donors (Lipinski definition) is 0. The van der Waals surface area contributed by atoms with E-state index in [1.807, 2.05) is 12.1 Å². The molecule has 0 bridgehead atoms. The molecule has 0 radical (unpaired) electrons. The van der Waals surface area contributed by atoms with Gasteiger partial charge in [0.25, 0.3) is 0 Å². The van der Waals surface area contributed by atoms with Crippen LogP contribution >= 0.6 is 0 Å². The number of aryl methyl sites for hydroxylation is 1. The molecular weight excluding hydrogens is 163 g/mol. The summed E-state index contributed by atoms with van der Waals surface area (Å²) < 4.78 is 12.5. The molecule has 1 aliphatic carbocycles. The summed E-state index contributed by atoms with van der Waals surface area (Å²) in [6.45, 7) is 0. The number of rotatable bonds is 4. The summed E-state index contributed by atoms with van der Waals surface area (Å²) in [5.74, 6) is 0.881. The van der Waals surface area contributed by atoms with E-state index < -0.39 is 0 Å². The lowest BCUT2D eigenvalue weighted by Crippen LogP contribution is -1.86. The van der Waals surface area contributed by atoms with E-state index in [2.05, 4.69) is 0 Å². The lowest BCUT2D eigenvalue weighted by molar-refractivity contribution is 0.625. The molecule has 0 unspecified atom stereocenters. The molecule has 1 fully saturated rings. The minimum atomic E-state index is -0.133. The SMILES string of the molecule is Fc1ccc(CCCC2CC2)cc1. The van der Waals surface area contributed by atoms with Gasteiger partial charge < -0.3 is 0 Å². The predicted octanol–water partition coefficient (Wildman–Crippen LogP) is 3.56. The molecule has 0 aromatic heterocycles. The molecule has 0 atom stereocenters. The van der Waals surface area contributed by atoms with Gasteiger partial charge in [-0.2, -0.15) is 0 Å². The zero-order chi connectivity index (χ0) is 9.10. The second-order valence-electron chi connectivity index (χ2n) is 3.96. The van der Waals surface area contributed by atoms with Gasteiger partial charge in [0.05, 0.1) is 0 Å². The van der Waals surface area contributed by atoms with Gasteiger partial charge in [-0.15, -0.1) is 0 Å². The average molecular weight is 178 g/mol. The highest BCUT2D eigenvalue weighted by Crippen LogP contribution is 2.33. The molecule has 13 heavy (non-hydrogen) atoms. The zero-order valence-electron chi connectivity index (χ0n) is 7.80. The van der Waals surface area contributed by atoms with E-state index in [4.69, 9.17) is 0 Å². The summed E-state index contributed by atoms with van der Waals surface area (Å²) in [5, 5.41) is 0. The molecule has 1 aromatic rings. The van der Waals surface area contributed by atoms with Crippen LogP contribution in [-0.2, 0) is 6.42 Å². The summed E-state index contributed by atoms with van der Waals surface area (Å²) in [7, 11) is 0. The minimum Gasteiger partial charge on any atom is -0.207 e. The maximum atomic E-state index is 12.5. The third-order valence-corrected chi connectivity index (χ3v) is 2.69. The van der Waals surface area contributed by atoms with Crippen molar-refractivity contribution in [3.05, 3.63) is 35.6 Å². The van der Waals surface area contributed by atoms with Crippen molar-refractivity contribution < 1.29 is 4.39 Å². The summed E-state index contributed by atoms with van der Waals surface area (Å²) in [5.41, 5.74) is 1.27. The van der Waals surface area contributed by atoms with E-state index in [0.29, 0.717) is 0 Å². The van der Waals surface area contributed by atoms with Crippen LogP contribution in [0.5, 0.6) is 0 Å². The molecule has 0 amide bonds. The Morgan fingerprint density at radius 2 is 1.85 bits per heavy atom. The smallest absolute Gasteiger partial charge is 0.123 e. The average Bonchev–Trinajstić information content (AvgIpc) is 2.92. The van der Waals surface area contributed by atoms with Crippen LogP contribution in [0.15, 0.2) is 24.3 Å². The van der Waals surface area contributed by atoms with Gasteiger partial charge in [-0.25, -0.2) is 4.39 Å². The van der Waals surface area contributed by atoms with Crippen LogP contribution in [0.4, 0.5) is 4.39 Å². The molecule has 70 valence electrons. The maximum absolute atomic E-state index is 12.5. The standard InChI is InChI=1S/C12H15F/c13-12-8-6-11(7-9-12)3-1-2-10-4-5-10/h6-10H,1-5H2. The van der Waals surface area contributed by atoms with Crippen molar-refractivity contribution in [3.63, 3.8) is 0 Å². The minimum absolute atomic E-state index is 0.133. The van der Waals surface area contributed by atoms with Gasteiger partial charge in [0, 0.05) is 0 Å². The van der Waals surface area contributed by atoms with Gasteiger partial charge in [-0.05, 0) is 36.5 Å². The van der Waals surface area contributed by atoms with Crippen molar-refractivity contribution in [2.45, 2.75) is 32.1 Å². The normalized spacial score (nSPS) is 16.1. The molecule has 0 N–H and O–H groups in total. The first kappa shape index (κ1) is 8.74. The fraction of sp³-hybridized carbons (Fsp3) is 0.500. The van der Waals surface area contributed by atoms with Crippen molar-refractivity contribution in [3.8, 4) is 0 Å². The second kappa shape index (κ2) is 3.91. The molecular formula is C12H15F. The third-order valence-electron chi connectivity index (χ3n) is 2.69. The van der Waals surface area contributed by atoms with Crippen LogP contribution in [0, 0.1) is 11.7 Å². The Hall–Kier alpha value is -0.850. The fourth-order valence-electron chi connectivity index (χ4n) is 1.65. The monoisotopic (exact) mass is 178 g/mol. The molecule has 1 aliphatic rings. The van der Waals surface area contributed by atoms with E-state index in [1.165, 1.54) is 31.2 Å². The Kier molecular flexibility index (Phi) is 2.62. The quantitative estimate of drug-likeness (QED) is 0.661. The lowest BCUT2D eigenvalue weighted by Gasteiger charge is -1.99. The lowest BCUT2D eigenvalue weighted by atomic mass is 10.1. The number of hydrogen-bond acceptors (Lipinski definition) is 0. The Morgan fingerprint density at radius 1 is 1.15 bits per heavy atom. The maximum Gasteiger partial charge on any atom is 0.123 e. The zero-order valence-corrected chi connectivity index (χ0v) is 7.80. The van der Waals surface area contributed by atoms with Crippen LogP contribution in [0.3, 0.4) is 0 Å². The van der Waals surface area contributed by atoms with E-state index in [9.17, 15) is 4.39 Å². The highest BCUT2D eigenvalue weighted by atomic mass is 19.1. The second-order valence-corrected chi connectivity index (χ2v) is 3.96. The van der Waals surface area contributed by atoms with Crippen LogP contribution in [-0.4, -0.2) is 0 Å². The van der Waals surface area contributed by atoms with Gasteiger partial charge in [0.1, 0.15) is 5.82 Å². The molecule has 1 saturated carbocycles. The Morgan fingerprint density at radius 3 is 2.46 bits per heavy atom. The topological polar surface area (TPSA) is 0 Å². The molecule has 1 aromatic carbocycles. The predicted molar refractivity (Wildman–Crippen MR) is 52.1 cm³/mol. The Bertz CT molecular complexity index is 259. The molecule has 0 heterocycles. The van der Waals surface area contributed by atoms with Crippen LogP contribution in [0.25, 0.3) is 0 Å². The van der Waals surface area contributed by atoms with Crippen molar-refractivity contribution in [1.29, 1.82) is 0 Å². The van der Waals surface area contributed by atoms with Gasteiger partial charge in [0.2, 0.25) is 0 Å². The van der Waals surface area contributed by atoms with E-state index in [0.717, 1.165) is 12.3 Å². The number of benzene rings is 1. The molecule has 0 spiro atoms. The first-order valence-corrected chi connectivity index (χ1v) is 5.09. The first-order chi connectivity index (χ1) is 6.34.